The fourth-order valence-corrected chi connectivity index (χ4v) is 2.63. The number of unbranched alkanes of at least 4 members (excludes halogenated alkanes) is 1. The van der Waals surface area contributed by atoms with Gasteiger partial charge in [-0.3, -0.25) is 0 Å². The number of aromatic carboxylic acids is 1. The first kappa shape index (κ1) is 13.8. The first-order valence-electron chi connectivity index (χ1n) is 7.46. The summed E-state index contributed by atoms with van der Waals surface area (Å²) in [5.74, 6) is -0.618. The first-order chi connectivity index (χ1) is 10.3. The molecule has 1 aromatic heterocycles. The maximum atomic E-state index is 11.2. The van der Waals surface area contributed by atoms with Crippen LogP contribution in [0.2, 0.25) is 0 Å². The highest BCUT2D eigenvalue weighted by Crippen LogP contribution is 2.41. The summed E-state index contributed by atoms with van der Waals surface area (Å²) in [5.41, 5.74) is 2.30. The van der Waals surface area contributed by atoms with E-state index in [1.807, 2.05) is 6.07 Å². The molecule has 0 radical (unpaired) electrons. The Morgan fingerprint density at radius 1 is 1.24 bits per heavy atom. The van der Waals surface area contributed by atoms with Gasteiger partial charge in [-0.15, -0.1) is 5.10 Å². The van der Waals surface area contributed by atoms with Crippen LogP contribution < -0.4 is 0 Å². The van der Waals surface area contributed by atoms with E-state index in [0.717, 1.165) is 44.3 Å². The Morgan fingerprint density at radius 2 is 2.00 bits per heavy atom. The molecule has 5 heteroatoms. The summed E-state index contributed by atoms with van der Waals surface area (Å²) in [4.78, 5) is 11.2. The van der Waals surface area contributed by atoms with Crippen molar-refractivity contribution in [1.82, 2.24) is 15.0 Å². The zero-order valence-corrected chi connectivity index (χ0v) is 11.9. The molecule has 0 unspecified atom stereocenters. The van der Waals surface area contributed by atoms with Crippen molar-refractivity contribution in [3.8, 4) is 0 Å². The molecule has 1 heterocycles. The van der Waals surface area contributed by atoms with Crippen molar-refractivity contribution in [2.24, 2.45) is 0 Å². The number of benzene rings is 1. The minimum absolute atomic E-state index is 0.139. The monoisotopic (exact) mass is 285 g/mol. The lowest BCUT2D eigenvalue weighted by molar-refractivity contribution is 0.0689. The van der Waals surface area contributed by atoms with Crippen LogP contribution in [0, 0.1) is 0 Å². The standard InChI is InChI=1S/C16H19N3O2/c20-16(21)14-15(13-9-10-13)19(18-17-14)11-5-4-8-12-6-2-1-3-7-12/h1-3,6-7,13H,4-5,8-11H2,(H,20,21). The molecule has 21 heavy (non-hydrogen) atoms. The van der Waals surface area contributed by atoms with E-state index in [2.05, 4.69) is 34.6 Å². The Hall–Kier alpha value is -2.17. The third kappa shape index (κ3) is 3.29. The third-order valence-corrected chi connectivity index (χ3v) is 3.87. The van der Waals surface area contributed by atoms with Crippen molar-refractivity contribution in [1.29, 1.82) is 0 Å². The number of hydrogen-bond donors (Lipinski definition) is 1. The Balaban J connectivity index is 1.57. The van der Waals surface area contributed by atoms with Gasteiger partial charge in [0, 0.05) is 12.5 Å². The van der Waals surface area contributed by atoms with Gasteiger partial charge in [-0.2, -0.15) is 0 Å². The van der Waals surface area contributed by atoms with E-state index < -0.39 is 5.97 Å². The molecule has 3 rings (SSSR count). The molecule has 1 aromatic carbocycles. The van der Waals surface area contributed by atoms with Crippen molar-refractivity contribution >= 4 is 5.97 Å². The van der Waals surface area contributed by atoms with Crippen LogP contribution in [0.4, 0.5) is 0 Å². The number of carboxylic acid groups (broad SMARTS) is 1. The van der Waals surface area contributed by atoms with Crippen LogP contribution in [0.15, 0.2) is 30.3 Å². The Labute approximate surface area is 123 Å². The Morgan fingerprint density at radius 3 is 2.67 bits per heavy atom. The molecule has 0 amide bonds. The molecular formula is C16H19N3O2. The summed E-state index contributed by atoms with van der Waals surface area (Å²) >= 11 is 0. The normalized spacial score (nSPS) is 14.3. The summed E-state index contributed by atoms with van der Waals surface area (Å²) in [6.45, 7) is 0.749. The van der Waals surface area contributed by atoms with Gasteiger partial charge in [-0.25, -0.2) is 9.48 Å². The zero-order chi connectivity index (χ0) is 14.7. The molecule has 0 atom stereocenters. The second-order valence-electron chi connectivity index (χ2n) is 5.57. The molecule has 2 aromatic rings. The first-order valence-corrected chi connectivity index (χ1v) is 7.46. The predicted octanol–water partition coefficient (Wildman–Crippen LogP) is 2.88. The van der Waals surface area contributed by atoms with Gasteiger partial charge in [-0.1, -0.05) is 35.5 Å². The van der Waals surface area contributed by atoms with Crippen LogP contribution >= 0.6 is 0 Å². The van der Waals surface area contributed by atoms with Crippen LogP contribution in [-0.4, -0.2) is 26.1 Å². The summed E-state index contributed by atoms with van der Waals surface area (Å²) < 4.78 is 1.80. The molecule has 1 N–H and O–H groups in total. The van der Waals surface area contributed by atoms with Crippen LogP contribution in [-0.2, 0) is 13.0 Å². The lowest BCUT2D eigenvalue weighted by Crippen LogP contribution is -2.08. The molecule has 0 saturated heterocycles. The van der Waals surface area contributed by atoms with Gasteiger partial charge >= 0.3 is 5.97 Å². The molecule has 1 saturated carbocycles. The highest BCUT2D eigenvalue weighted by Gasteiger charge is 2.33. The second kappa shape index (κ2) is 6.08. The molecule has 1 aliphatic rings. The largest absolute Gasteiger partial charge is 0.476 e. The number of hydrogen-bond acceptors (Lipinski definition) is 3. The maximum Gasteiger partial charge on any atom is 0.358 e. The van der Waals surface area contributed by atoms with Crippen LogP contribution in [0.25, 0.3) is 0 Å². The topological polar surface area (TPSA) is 68.0 Å². The smallest absolute Gasteiger partial charge is 0.358 e. The van der Waals surface area contributed by atoms with Crippen LogP contribution in [0.1, 0.15) is 53.3 Å². The van der Waals surface area contributed by atoms with Crippen LogP contribution in [0.5, 0.6) is 0 Å². The van der Waals surface area contributed by atoms with E-state index in [-0.39, 0.29) is 5.69 Å². The number of rotatable bonds is 7. The molecule has 110 valence electrons. The average Bonchev–Trinajstić information content (AvgIpc) is 3.24. The van der Waals surface area contributed by atoms with E-state index in [1.54, 1.807) is 4.68 Å². The summed E-state index contributed by atoms with van der Waals surface area (Å²) in [7, 11) is 0. The van der Waals surface area contributed by atoms with Gasteiger partial charge in [0.05, 0.1) is 5.69 Å². The van der Waals surface area contributed by atoms with E-state index in [1.165, 1.54) is 5.56 Å². The second-order valence-corrected chi connectivity index (χ2v) is 5.57. The lowest BCUT2D eigenvalue weighted by Gasteiger charge is -2.06. The van der Waals surface area contributed by atoms with Gasteiger partial charge in [0.2, 0.25) is 0 Å². The van der Waals surface area contributed by atoms with Gasteiger partial charge < -0.3 is 5.11 Å². The summed E-state index contributed by atoms with van der Waals surface area (Å²) in [5, 5.41) is 17.0. The number of aryl methyl sites for hydroxylation is 2. The van der Waals surface area contributed by atoms with Crippen molar-refractivity contribution < 1.29 is 9.90 Å². The highest BCUT2D eigenvalue weighted by atomic mass is 16.4. The fraction of sp³-hybridized carbons (Fsp3) is 0.438. The van der Waals surface area contributed by atoms with Crippen molar-refractivity contribution in [3.05, 3.63) is 47.3 Å². The predicted molar refractivity (Wildman–Crippen MR) is 78.3 cm³/mol. The number of carbonyl (C=O) groups is 1. The van der Waals surface area contributed by atoms with Gasteiger partial charge in [-0.05, 0) is 37.7 Å². The van der Waals surface area contributed by atoms with E-state index >= 15 is 0 Å². The Kier molecular flexibility index (Phi) is 3.99. The number of aromatic nitrogens is 3. The van der Waals surface area contributed by atoms with Crippen LogP contribution in [0.3, 0.4) is 0 Å². The lowest BCUT2D eigenvalue weighted by atomic mass is 10.1. The van der Waals surface area contributed by atoms with E-state index in [4.69, 9.17) is 5.11 Å². The van der Waals surface area contributed by atoms with Crippen molar-refractivity contribution in [3.63, 3.8) is 0 Å². The SMILES string of the molecule is O=C(O)c1nnn(CCCCc2ccccc2)c1C1CC1. The van der Waals surface area contributed by atoms with Gasteiger partial charge in [0.1, 0.15) is 0 Å². The molecular weight excluding hydrogens is 266 g/mol. The minimum atomic E-state index is -0.965. The third-order valence-electron chi connectivity index (χ3n) is 3.87. The summed E-state index contributed by atoms with van der Waals surface area (Å²) in [6, 6.07) is 10.4. The zero-order valence-electron chi connectivity index (χ0n) is 11.9. The number of carboxylic acids is 1. The van der Waals surface area contributed by atoms with E-state index in [9.17, 15) is 4.79 Å². The highest BCUT2D eigenvalue weighted by molar-refractivity contribution is 5.86. The average molecular weight is 285 g/mol. The molecule has 5 nitrogen and oxygen atoms in total. The molecule has 0 spiro atoms. The van der Waals surface area contributed by atoms with E-state index in [0.29, 0.717) is 5.92 Å². The van der Waals surface area contributed by atoms with Gasteiger partial charge in [0.25, 0.3) is 0 Å². The fourth-order valence-electron chi connectivity index (χ4n) is 2.63. The quantitative estimate of drug-likeness (QED) is 0.794. The molecule has 0 bridgehead atoms. The van der Waals surface area contributed by atoms with Crippen molar-refractivity contribution in [2.45, 2.75) is 44.6 Å². The Bertz CT molecular complexity index is 618. The minimum Gasteiger partial charge on any atom is -0.476 e. The molecule has 1 fully saturated rings. The molecule has 1 aliphatic carbocycles. The summed E-state index contributed by atoms with van der Waals surface area (Å²) in [6.07, 6.45) is 5.20. The van der Waals surface area contributed by atoms with Crippen molar-refractivity contribution in [2.75, 3.05) is 0 Å². The van der Waals surface area contributed by atoms with Gasteiger partial charge in [0.15, 0.2) is 5.69 Å². The molecule has 0 aliphatic heterocycles. The number of nitrogens with zero attached hydrogens (tertiary/aromatic N) is 3. The maximum absolute atomic E-state index is 11.2.